The van der Waals surface area contributed by atoms with Crippen molar-refractivity contribution in [2.75, 3.05) is 20.2 Å². The Balaban J connectivity index is 1.25. The highest BCUT2D eigenvalue weighted by molar-refractivity contribution is 5.79. The third-order valence-corrected chi connectivity index (χ3v) is 5.61. The molecule has 0 saturated carbocycles. The summed E-state index contributed by atoms with van der Waals surface area (Å²) in [6, 6.07) is 5.41. The fourth-order valence-electron chi connectivity index (χ4n) is 3.90. The average Bonchev–Trinajstić information content (AvgIpc) is 3.31. The molecule has 1 aromatic carbocycles. The van der Waals surface area contributed by atoms with Crippen LogP contribution in [0.5, 0.6) is 11.8 Å². The van der Waals surface area contributed by atoms with Crippen LogP contribution in [0.3, 0.4) is 0 Å². The molecule has 2 aromatic heterocycles. The van der Waals surface area contributed by atoms with Gasteiger partial charge in [0, 0.05) is 24.9 Å². The van der Waals surface area contributed by atoms with Crippen molar-refractivity contribution < 1.29 is 27.4 Å². The maximum atomic E-state index is 14.3. The Morgan fingerprint density at radius 2 is 1.86 bits per heavy atom. The minimum Gasteiger partial charge on any atom is -0.480 e. The van der Waals surface area contributed by atoms with E-state index in [1.807, 2.05) is 0 Å². The molecule has 0 unspecified atom stereocenters. The van der Waals surface area contributed by atoms with Crippen molar-refractivity contribution >= 4 is 12.2 Å². The number of carbonyl (C=O) groups excluding carboxylic acids is 1. The topological polar surface area (TPSA) is 93.0 Å². The van der Waals surface area contributed by atoms with E-state index in [4.69, 9.17) is 9.47 Å². The molecule has 0 spiro atoms. The number of pyridine rings is 1. The summed E-state index contributed by atoms with van der Waals surface area (Å²) in [6.45, 7) is 0.314. The quantitative estimate of drug-likeness (QED) is 0.550. The maximum absolute atomic E-state index is 14.3. The summed E-state index contributed by atoms with van der Waals surface area (Å²) in [5, 5.41) is 5.26. The first-order chi connectivity index (χ1) is 16.9. The van der Waals surface area contributed by atoms with E-state index in [1.165, 1.54) is 35.4 Å². The number of hydrazone groups is 1. The van der Waals surface area contributed by atoms with E-state index in [0.717, 1.165) is 12.3 Å². The van der Waals surface area contributed by atoms with Crippen LogP contribution in [0.1, 0.15) is 18.0 Å². The summed E-state index contributed by atoms with van der Waals surface area (Å²) in [5.74, 6) is -2.01. The number of likely N-dealkylation sites (tertiary alicyclic amines) is 1. The molecular formula is C23H19F3N6O3. The van der Waals surface area contributed by atoms with Crippen molar-refractivity contribution in [3.63, 3.8) is 0 Å². The molecule has 0 bridgehead atoms. The second-order valence-electron chi connectivity index (χ2n) is 7.93. The fraction of sp³-hybridized carbons (Fsp3) is 0.261. The van der Waals surface area contributed by atoms with Gasteiger partial charge in [0.2, 0.25) is 11.7 Å². The molecule has 1 saturated heterocycles. The van der Waals surface area contributed by atoms with Gasteiger partial charge in [-0.3, -0.25) is 0 Å². The summed E-state index contributed by atoms with van der Waals surface area (Å²) in [5.41, 5.74) is 0.778. The van der Waals surface area contributed by atoms with E-state index in [2.05, 4.69) is 20.1 Å². The summed E-state index contributed by atoms with van der Waals surface area (Å²) < 4.78 is 52.5. The minimum absolute atomic E-state index is 0.157. The lowest BCUT2D eigenvalue weighted by atomic mass is 10.0. The Bertz CT molecular complexity index is 1280. The first-order valence-corrected chi connectivity index (χ1v) is 10.7. The van der Waals surface area contributed by atoms with Crippen LogP contribution in [0.2, 0.25) is 0 Å². The predicted molar refractivity (Wildman–Crippen MR) is 117 cm³/mol. The monoisotopic (exact) mass is 484 g/mol. The van der Waals surface area contributed by atoms with Gasteiger partial charge in [-0.05, 0) is 29.8 Å². The van der Waals surface area contributed by atoms with Crippen LogP contribution < -0.4 is 9.47 Å². The fourth-order valence-corrected chi connectivity index (χ4v) is 3.90. The van der Waals surface area contributed by atoms with Gasteiger partial charge in [-0.25, -0.2) is 28.6 Å². The van der Waals surface area contributed by atoms with Crippen LogP contribution >= 0.6 is 0 Å². The number of ether oxygens (including phenoxy) is 2. The molecule has 2 aliphatic rings. The van der Waals surface area contributed by atoms with Crippen molar-refractivity contribution in [3.8, 4) is 23.1 Å². The second-order valence-corrected chi connectivity index (χ2v) is 7.93. The summed E-state index contributed by atoms with van der Waals surface area (Å²) in [7, 11) is 1.45. The van der Waals surface area contributed by atoms with Gasteiger partial charge in [-0.15, -0.1) is 0 Å². The number of hydrogen-bond donors (Lipinski definition) is 0. The van der Waals surface area contributed by atoms with Gasteiger partial charge >= 0.3 is 6.03 Å². The molecule has 0 N–H and O–H groups in total. The number of methoxy groups -OCH3 is 1. The number of nitrogens with zero attached hydrogens (tertiary/aromatic N) is 6. The van der Waals surface area contributed by atoms with Gasteiger partial charge in [0.05, 0.1) is 38.0 Å². The molecular weight excluding hydrogens is 465 g/mol. The normalized spacial score (nSPS) is 17.4. The van der Waals surface area contributed by atoms with Gasteiger partial charge in [0.25, 0.3) is 5.88 Å². The lowest BCUT2D eigenvalue weighted by Crippen LogP contribution is -2.59. The van der Waals surface area contributed by atoms with Gasteiger partial charge in [0.1, 0.15) is 17.7 Å². The standard InChI is InChI=1S/C23H19F3N6O3/c1-34-21-17(3-2-5-27-21)20-28-10-18(26)22(30-20)35-16-11-31(12-16)23(33)32-19(4-6-29-32)13-7-14(24)9-15(25)8-13/h2-3,5-10,16,19H,4,11-12H2,1H3/t19-/m0/s1. The van der Waals surface area contributed by atoms with Crippen LogP contribution in [-0.2, 0) is 0 Å². The molecule has 2 amide bonds. The minimum atomic E-state index is -0.751. The molecule has 0 radical (unpaired) electrons. The summed E-state index contributed by atoms with van der Waals surface area (Å²) >= 11 is 0. The zero-order valence-electron chi connectivity index (χ0n) is 18.4. The van der Waals surface area contributed by atoms with E-state index in [0.29, 0.717) is 17.5 Å². The molecule has 180 valence electrons. The molecule has 5 rings (SSSR count). The molecule has 9 nitrogen and oxygen atoms in total. The molecule has 35 heavy (non-hydrogen) atoms. The van der Waals surface area contributed by atoms with Crippen LogP contribution in [0.15, 0.2) is 47.8 Å². The number of halogens is 3. The predicted octanol–water partition coefficient (Wildman–Crippen LogP) is 3.58. The first kappa shape index (κ1) is 22.6. The lowest BCUT2D eigenvalue weighted by Gasteiger charge is -2.40. The maximum Gasteiger partial charge on any atom is 0.341 e. The SMILES string of the molecule is COc1ncccc1-c1ncc(F)c(OC2CN(C(=O)N3N=CC[C@H]3c3cc(F)cc(F)c3)C2)n1. The van der Waals surface area contributed by atoms with E-state index in [1.54, 1.807) is 18.3 Å². The van der Waals surface area contributed by atoms with Gasteiger partial charge in [-0.1, -0.05) is 0 Å². The highest BCUT2D eigenvalue weighted by Gasteiger charge is 2.39. The largest absolute Gasteiger partial charge is 0.480 e. The van der Waals surface area contributed by atoms with Crippen molar-refractivity contribution in [3.05, 3.63) is 65.7 Å². The third-order valence-electron chi connectivity index (χ3n) is 5.61. The van der Waals surface area contributed by atoms with E-state index >= 15 is 0 Å². The van der Waals surface area contributed by atoms with Crippen molar-refractivity contribution in [1.29, 1.82) is 0 Å². The third kappa shape index (κ3) is 4.46. The van der Waals surface area contributed by atoms with Crippen molar-refractivity contribution in [2.45, 2.75) is 18.6 Å². The highest BCUT2D eigenvalue weighted by Crippen LogP contribution is 2.32. The summed E-state index contributed by atoms with van der Waals surface area (Å²) in [4.78, 5) is 26.6. The number of hydrogen-bond acceptors (Lipinski definition) is 7. The molecule has 3 aromatic rings. The molecule has 0 aliphatic carbocycles. The Kier molecular flexibility index (Phi) is 5.93. The lowest BCUT2D eigenvalue weighted by molar-refractivity contribution is 0.0230. The zero-order valence-corrected chi connectivity index (χ0v) is 18.4. The zero-order chi connectivity index (χ0) is 24.5. The molecule has 4 heterocycles. The van der Waals surface area contributed by atoms with Crippen LogP contribution in [0.25, 0.3) is 11.4 Å². The number of benzene rings is 1. The molecule has 2 aliphatic heterocycles. The summed E-state index contributed by atoms with van der Waals surface area (Å²) in [6.07, 6.45) is 3.87. The Hall–Kier alpha value is -4.22. The van der Waals surface area contributed by atoms with Crippen molar-refractivity contribution in [2.24, 2.45) is 5.10 Å². The number of urea groups is 1. The first-order valence-electron chi connectivity index (χ1n) is 10.7. The second kappa shape index (κ2) is 9.20. The highest BCUT2D eigenvalue weighted by atomic mass is 19.1. The Morgan fingerprint density at radius 1 is 1.09 bits per heavy atom. The van der Waals surface area contributed by atoms with E-state index in [9.17, 15) is 18.0 Å². The molecule has 1 fully saturated rings. The number of aromatic nitrogens is 3. The van der Waals surface area contributed by atoms with Crippen LogP contribution in [0.4, 0.5) is 18.0 Å². The molecule has 12 heteroatoms. The van der Waals surface area contributed by atoms with Gasteiger partial charge in [0.15, 0.2) is 5.82 Å². The van der Waals surface area contributed by atoms with E-state index < -0.39 is 35.6 Å². The smallest absolute Gasteiger partial charge is 0.341 e. The van der Waals surface area contributed by atoms with Crippen LogP contribution in [0, 0.1) is 17.5 Å². The van der Waals surface area contributed by atoms with Gasteiger partial charge < -0.3 is 14.4 Å². The Morgan fingerprint density at radius 3 is 2.60 bits per heavy atom. The number of carbonyl (C=O) groups is 1. The Labute approximate surface area is 197 Å². The average molecular weight is 484 g/mol. The van der Waals surface area contributed by atoms with Crippen LogP contribution in [-0.4, -0.2) is 63.4 Å². The van der Waals surface area contributed by atoms with Crippen molar-refractivity contribution in [1.82, 2.24) is 24.9 Å². The van der Waals surface area contributed by atoms with Gasteiger partial charge in [-0.2, -0.15) is 14.5 Å². The molecule has 1 atom stereocenters. The number of rotatable bonds is 5. The number of amides is 2. The van der Waals surface area contributed by atoms with E-state index in [-0.39, 0.29) is 30.7 Å².